The molecule has 0 bridgehead atoms. The van der Waals surface area contributed by atoms with Gasteiger partial charge in [0.25, 0.3) is 0 Å². The second-order valence-electron chi connectivity index (χ2n) is 22.8. The van der Waals surface area contributed by atoms with Gasteiger partial charge in [0, 0.05) is 49.2 Å². The first kappa shape index (κ1) is 46.2. The number of hydrogen-bond donors (Lipinski definition) is 0. The average molecular weight is 1020 g/mol. The van der Waals surface area contributed by atoms with Crippen molar-refractivity contribution < 1.29 is 0 Å². The van der Waals surface area contributed by atoms with Crippen LogP contribution in [0.5, 0.6) is 0 Å². The Balaban J connectivity index is 0.848. The summed E-state index contributed by atoms with van der Waals surface area (Å²) in [6, 6.07) is 90.6. The number of fused-ring (bicyclic) bond motifs is 12. The molecule has 0 saturated carbocycles. The smallest absolute Gasteiger partial charge is 0.238 e. The van der Waals surface area contributed by atoms with E-state index < -0.39 is 0 Å². The maximum absolute atomic E-state index is 5.50. The van der Waals surface area contributed by atoms with Crippen molar-refractivity contribution in [2.24, 2.45) is 0 Å². The Morgan fingerprint density at radius 1 is 0.263 bits per heavy atom. The molecule has 0 atom stereocenters. The summed E-state index contributed by atoms with van der Waals surface area (Å²) in [6.07, 6.45) is 0. The van der Waals surface area contributed by atoms with Gasteiger partial charge in [0.1, 0.15) is 0 Å². The Kier molecular flexibility index (Phi) is 9.96. The van der Waals surface area contributed by atoms with E-state index in [1.165, 1.54) is 77.5 Å². The summed E-state index contributed by atoms with van der Waals surface area (Å²) in [5.41, 5.74) is 24.7. The van der Waals surface area contributed by atoms with Crippen LogP contribution in [0, 0.1) is 0 Å². The fraction of sp³-hybridized carbons (Fsp3) is 0.0800. The van der Waals surface area contributed by atoms with E-state index in [4.69, 9.17) is 15.0 Å². The molecule has 2 aliphatic carbocycles. The fourth-order valence-electron chi connectivity index (χ4n) is 13.6. The van der Waals surface area contributed by atoms with Crippen molar-refractivity contribution in [2.45, 2.75) is 38.5 Å². The number of hydrogen-bond acceptors (Lipinski definition) is 3. The van der Waals surface area contributed by atoms with Gasteiger partial charge in [-0.3, -0.25) is 4.57 Å². The third-order valence-electron chi connectivity index (χ3n) is 17.6. The minimum Gasteiger partial charge on any atom is -0.309 e. The van der Waals surface area contributed by atoms with Crippen LogP contribution in [0.4, 0.5) is 0 Å². The molecule has 3 heterocycles. The second kappa shape index (κ2) is 17.3. The van der Waals surface area contributed by atoms with Gasteiger partial charge in [-0.2, -0.15) is 9.97 Å². The molecule has 0 unspecified atom stereocenters. The van der Waals surface area contributed by atoms with Crippen molar-refractivity contribution in [2.75, 3.05) is 0 Å². The number of benzene rings is 11. The number of para-hydroxylation sites is 2. The minimum atomic E-state index is -0.0992. The van der Waals surface area contributed by atoms with Gasteiger partial charge in [-0.15, -0.1) is 0 Å². The molecule has 16 rings (SSSR count). The van der Waals surface area contributed by atoms with E-state index in [1.807, 2.05) is 0 Å². The lowest BCUT2D eigenvalue weighted by atomic mass is 9.81. The highest BCUT2D eigenvalue weighted by Gasteiger charge is 2.37. The fourth-order valence-corrected chi connectivity index (χ4v) is 13.6. The van der Waals surface area contributed by atoms with Gasteiger partial charge in [0.2, 0.25) is 5.95 Å². The van der Waals surface area contributed by atoms with Gasteiger partial charge < -0.3 is 4.57 Å². The summed E-state index contributed by atoms with van der Waals surface area (Å²) in [6.45, 7) is 9.39. The van der Waals surface area contributed by atoms with Crippen LogP contribution in [0.15, 0.2) is 249 Å². The van der Waals surface area contributed by atoms with Gasteiger partial charge >= 0.3 is 0 Å². The topological polar surface area (TPSA) is 48.5 Å². The Morgan fingerprint density at radius 3 is 1.31 bits per heavy atom. The maximum Gasteiger partial charge on any atom is 0.238 e. The first-order valence-electron chi connectivity index (χ1n) is 27.8. The molecular formula is C75H53N5. The van der Waals surface area contributed by atoms with Crippen LogP contribution in [-0.2, 0) is 10.8 Å². The zero-order valence-corrected chi connectivity index (χ0v) is 44.9. The third-order valence-corrected chi connectivity index (χ3v) is 17.6. The third kappa shape index (κ3) is 6.86. The van der Waals surface area contributed by atoms with Crippen LogP contribution in [0.2, 0.25) is 0 Å². The lowest BCUT2D eigenvalue weighted by Gasteiger charge is -2.22. The van der Waals surface area contributed by atoms with Crippen molar-refractivity contribution >= 4 is 43.6 Å². The van der Waals surface area contributed by atoms with Crippen molar-refractivity contribution in [3.63, 3.8) is 0 Å². The largest absolute Gasteiger partial charge is 0.309 e. The van der Waals surface area contributed by atoms with E-state index in [1.54, 1.807) is 0 Å². The molecule has 5 nitrogen and oxygen atoms in total. The molecule has 3 aromatic heterocycles. The van der Waals surface area contributed by atoms with E-state index >= 15 is 0 Å². The molecule has 0 saturated heterocycles. The SMILES string of the molecule is CC1(C)c2ccccc2-c2ccc(-c3ccc4c(c3)c3ccccc3n4-c3cccc(-c4nc(-c5ccccc5-c5ccccc5)nc(-n5c6ccccc6c6cc(-c7ccc8c(c7)C(C)(C)c7ccccc7-8)ccc65)n4)c3)cc21. The zero-order valence-electron chi connectivity index (χ0n) is 44.9. The molecule has 0 aliphatic heterocycles. The van der Waals surface area contributed by atoms with Crippen molar-refractivity contribution in [3.05, 3.63) is 271 Å². The highest BCUT2D eigenvalue weighted by atomic mass is 15.2. The summed E-state index contributed by atoms with van der Waals surface area (Å²) in [4.78, 5) is 16.4. The van der Waals surface area contributed by atoms with Crippen LogP contribution in [0.3, 0.4) is 0 Å². The van der Waals surface area contributed by atoms with Crippen LogP contribution in [0.25, 0.3) is 134 Å². The van der Waals surface area contributed by atoms with Crippen LogP contribution < -0.4 is 0 Å². The van der Waals surface area contributed by atoms with Gasteiger partial charge in [0.05, 0.1) is 22.1 Å². The monoisotopic (exact) mass is 1020 g/mol. The van der Waals surface area contributed by atoms with Gasteiger partial charge in [-0.25, -0.2) is 4.98 Å². The highest BCUT2D eigenvalue weighted by molar-refractivity contribution is 6.12. The van der Waals surface area contributed by atoms with E-state index in [-0.39, 0.29) is 10.8 Å². The molecule has 11 aromatic carbocycles. The standard InChI is InChI=1S/C75H53N5/c1-74(2)63-29-14-10-24-54(63)56-37-33-49(44-65(56)74)47-35-39-69-61(42-47)58-26-12-16-31-67(58)79(69)52-22-18-21-51(41-52)71-76-72(60-28-9-8-23-53(60)46-19-6-5-7-20-46)78-73(77-71)80-68-32-17-13-27-59(68)62-43-48(36-40-70(62)80)50-34-38-57-55-25-11-15-30-64(55)75(3,4)66(57)45-50/h5-45H,1-4H3. The summed E-state index contributed by atoms with van der Waals surface area (Å²) in [5.74, 6) is 1.74. The Bertz CT molecular complexity index is 4900. The molecule has 0 amide bonds. The Labute approximate surface area is 464 Å². The predicted molar refractivity (Wildman–Crippen MR) is 331 cm³/mol. The maximum atomic E-state index is 5.50. The normalized spacial score (nSPS) is 13.7. The van der Waals surface area contributed by atoms with Crippen molar-refractivity contribution in [1.82, 2.24) is 24.1 Å². The zero-order chi connectivity index (χ0) is 53.4. The van der Waals surface area contributed by atoms with Crippen molar-refractivity contribution in [1.29, 1.82) is 0 Å². The van der Waals surface area contributed by atoms with E-state index in [2.05, 4.69) is 286 Å². The first-order chi connectivity index (χ1) is 39.2. The second-order valence-corrected chi connectivity index (χ2v) is 22.8. The first-order valence-corrected chi connectivity index (χ1v) is 27.8. The van der Waals surface area contributed by atoms with E-state index in [0.717, 1.165) is 60.8 Å². The highest BCUT2D eigenvalue weighted by Crippen LogP contribution is 2.51. The number of nitrogens with zero attached hydrogens (tertiary/aromatic N) is 5. The average Bonchev–Trinajstić information content (AvgIpc) is 4.39. The quantitative estimate of drug-likeness (QED) is 0.160. The predicted octanol–water partition coefficient (Wildman–Crippen LogP) is 19.0. The van der Waals surface area contributed by atoms with Gasteiger partial charge in [0.15, 0.2) is 11.6 Å². The molecule has 378 valence electrons. The molecule has 5 heteroatoms. The molecule has 0 radical (unpaired) electrons. The van der Waals surface area contributed by atoms with E-state index in [0.29, 0.717) is 17.6 Å². The van der Waals surface area contributed by atoms with Gasteiger partial charge in [-0.1, -0.05) is 216 Å². The molecular weight excluding hydrogens is 971 g/mol. The van der Waals surface area contributed by atoms with Crippen molar-refractivity contribution in [3.8, 4) is 90.0 Å². The Hall–Kier alpha value is -9.97. The Morgan fingerprint density at radius 2 is 0.700 bits per heavy atom. The molecule has 2 aliphatic rings. The van der Waals surface area contributed by atoms with Crippen LogP contribution in [-0.4, -0.2) is 24.1 Å². The van der Waals surface area contributed by atoms with E-state index in [9.17, 15) is 0 Å². The summed E-state index contributed by atoms with van der Waals surface area (Å²) >= 11 is 0. The molecule has 0 spiro atoms. The lowest BCUT2D eigenvalue weighted by Crippen LogP contribution is -2.14. The summed E-state index contributed by atoms with van der Waals surface area (Å²) in [5, 5.41) is 4.67. The summed E-state index contributed by atoms with van der Waals surface area (Å²) in [7, 11) is 0. The van der Waals surface area contributed by atoms with Crippen LogP contribution in [0.1, 0.15) is 49.9 Å². The number of aromatic nitrogens is 5. The molecule has 14 aromatic rings. The molecule has 80 heavy (non-hydrogen) atoms. The van der Waals surface area contributed by atoms with Crippen LogP contribution >= 0.6 is 0 Å². The van der Waals surface area contributed by atoms with Gasteiger partial charge in [-0.05, 0) is 139 Å². The lowest BCUT2D eigenvalue weighted by molar-refractivity contribution is 0.660. The minimum absolute atomic E-state index is 0.0817. The molecule has 0 fully saturated rings. The summed E-state index contributed by atoms with van der Waals surface area (Å²) < 4.78 is 4.62. The number of rotatable bonds is 7. The molecule has 0 N–H and O–H groups in total.